The van der Waals surface area contributed by atoms with E-state index >= 15 is 0 Å². The van der Waals surface area contributed by atoms with Crippen molar-refractivity contribution >= 4 is 17.9 Å². The van der Waals surface area contributed by atoms with Crippen molar-refractivity contribution in [1.82, 2.24) is 15.5 Å². The van der Waals surface area contributed by atoms with Crippen molar-refractivity contribution in [3.8, 4) is 12.3 Å². The number of alkyl carbamates (subject to hydrolysis) is 1. The standard InChI is InChI=1S/C25H35N3O6/c1-8-16-9-11-17(12-10-16)15(2)26-21(30)19-13-18(29)14-28(19)22(31)20(25(6,7)33)27-23(32)34-24(3,4)5/h1,9-12,15,18-20,29,33H,13-14H2,2-7H3,(H,26,30)(H,27,32)/t15-,18+,19-,20+/m0/s1. The molecule has 3 amide bonds. The van der Waals surface area contributed by atoms with E-state index in [-0.39, 0.29) is 19.0 Å². The van der Waals surface area contributed by atoms with Crippen LogP contribution < -0.4 is 10.6 Å². The maximum absolute atomic E-state index is 13.4. The summed E-state index contributed by atoms with van der Waals surface area (Å²) in [5, 5.41) is 26.1. The molecule has 0 unspecified atom stereocenters. The zero-order valence-electron chi connectivity index (χ0n) is 20.6. The predicted octanol–water partition coefficient (Wildman–Crippen LogP) is 1.47. The highest BCUT2D eigenvalue weighted by Crippen LogP contribution is 2.24. The second-order valence-electron chi connectivity index (χ2n) is 10.1. The Kier molecular flexibility index (Phi) is 8.35. The van der Waals surface area contributed by atoms with Gasteiger partial charge in [0.15, 0.2) is 0 Å². The number of carbonyl (C=O) groups excluding carboxylic acids is 3. The molecule has 0 saturated carbocycles. The van der Waals surface area contributed by atoms with Gasteiger partial charge in [0.05, 0.1) is 17.7 Å². The van der Waals surface area contributed by atoms with E-state index in [4.69, 9.17) is 11.2 Å². The Balaban J connectivity index is 2.18. The summed E-state index contributed by atoms with van der Waals surface area (Å²) >= 11 is 0. The lowest BCUT2D eigenvalue weighted by atomic mass is 9.97. The van der Waals surface area contributed by atoms with Crippen LogP contribution >= 0.6 is 0 Å². The van der Waals surface area contributed by atoms with Crippen LogP contribution in [0.1, 0.15) is 65.1 Å². The normalized spacial score (nSPS) is 20.1. The van der Waals surface area contributed by atoms with Crippen molar-refractivity contribution in [2.24, 2.45) is 0 Å². The van der Waals surface area contributed by atoms with Crippen molar-refractivity contribution in [3.63, 3.8) is 0 Å². The van der Waals surface area contributed by atoms with Gasteiger partial charge in [-0.1, -0.05) is 18.1 Å². The molecular formula is C25H35N3O6. The Labute approximate surface area is 200 Å². The maximum atomic E-state index is 13.4. The number of nitrogens with zero attached hydrogens (tertiary/aromatic N) is 1. The molecule has 1 aromatic carbocycles. The fraction of sp³-hybridized carbons (Fsp3) is 0.560. The van der Waals surface area contributed by atoms with Crippen LogP contribution in [0.5, 0.6) is 0 Å². The highest BCUT2D eigenvalue weighted by Gasteiger charge is 2.46. The number of hydrogen-bond donors (Lipinski definition) is 4. The summed E-state index contributed by atoms with van der Waals surface area (Å²) in [5.41, 5.74) is -0.926. The van der Waals surface area contributed by atoms with Crippen LogP contribution in [-0.2, 0) is 14.3 Å². The highest BCUT2D eigenvalue weighted by atomic mass is 16.6. The van der Waals surface area contributed by atoms with Crippen molar-refractivity contribution < 1.29 is 29.3 Å². The number of amides is 3. The Morgan fingerprint density at radius 3 is 2.24 bits per heavy atom. The summed E-state index contributed by atoms with van der Waals surface area (Å²) < 4.78 is 5.22. The molecule has 1 aliphatic rings. The summed E-state index contributed by atoms with van der Waals surface area (Å²) in [4.78, 5) is 39.9. The Bertz CT molecular complexity index is 939. The number of carbonyl (C=O) groups is 3. The number of ether oxygens (including phenoxy) is 1. The quantitative estimate of drug-likeness (QED) is 0.463. The van der Waals surface area contributed by atoms with Crippen LogP contribution in [0.2, 0.25) is 0 Å². The summed E-state index contributed by atoms with van der Waals surface area (Å²) in [6.07, 6.45) is 3.61. The third kappa shape index (κ3) is 7.20. The van der Waals surface area contributed by atoms with Gasteiger partial charge < -0.3 is 30.5 Å². The Hall–Kier alpha value is -3.09. The van der Waals surface area contributed by atoms with Crippen LogP contribution in [0.4, 0.5) is 4.79 Å². The first-order chi connectivity index (χ1) is 15.6. The molecule has 4 N–H and O–H groups in total. The molecule has 1 heterocycles. The van der Waals surface area contributed by atoms with E-state index in [0.717, 1.165) is 5.56 Å². The molecule has 9 heteroatoms. The first-order valence-corrected chi connectivity index (χ1v) is 11.2. The third-order valence-corrected chi connectivity index (χ3v) is 5.42. The first-order valence-electron chi connectivity index (χ1n) is 11.2. The molecule has 0 aromatic heterocycles. The number of β-amino-alcohol motifs (C(OH)–C–C–N with tert-alkyl or cyclic N) is 1. The van der Waals surface area contributed by atoms with Gasteiger partial charge in [-0.05, 0) is 59.2 Å². The largest absolute Gasteiger partial charge is 0.444 e. The molecule has 0 aliphatic carbocycles. The first kappa shape index (κ1) is 27.2. The molecule has 9 nitrogen and oxygen atoms in total. The zero-order valence-corrected chi connectivity index (χ0v) is 20.6. The fourth-order valence-electron chi connectivity index (χ4n) is 3.70. The number of aliphatic hydroxyl groups is 2. The lowest BCUT2D eigenvalue weighted by Crippen LogP contribution is -2.61. The van der Waals surface area contributed by atoms with Crippen LogP contribution in [-0.4, -0.2) is 69.0 Å². The van der Waals surface area contributed by atoms with E-state index < -0.39 is 47.3 Å². The van der Waals surface area contributed by atoms with Gasteiger partial charge >= 0.3 is 6.09 Å². The van der Waals surface area contributed by atoms with Crippen molar-refractivity contribution in [3.05, 3.63) is 35.4 Å². The number of benzene rings is 1. The van der Waals surface area contributed by atoms with Gasteiger partial charge in [0.25, 0.3) is 0 Å². The number of hydrogen-bond acceptors (Lipinski definition) is 6. The van der Waals surface area contributed by atoms with Crippen molar-refractivity contribution in [1.29, 1.82) is 0 Å². The number of rotatable bonds is 6. The van der Waals surface area contributed by atoms with Gasteiger partial charge in [-0.25, -0.2) is 4.79 Å². The number of likely N-dealkylation sites (tertiary alicyclic amines) is 1. The van der Waals surface area contributed by atoms with Crippen LogP contribution in [0.25, 0.3) is 0 Å². The average Bonchev–Trinajstić information content (AvgIpc) is 3.11. The lowest BCUT2D eigenvalue weighted by Gasteiger charge is -2.35. The zero-order chi connectivity index (χ0) is 25.8. The Morgan fingerprint density at radius 1 is 1.15 bits per heavy atom. The number of terminal acetylenes is 1. The SMILES string of the molecule is C#Cc1ccc([C@H](C)NC(=O)[C@@H]2C[C@@H](O)CN2C(=O)[C@@H](NC(=O)OC(C)(C)C)C(C)(C)O)cc1. The monoisotopic (exact) mass is 473 g/mol. The predicted molar refractivity (Wildman–Crippen MR) is 127 cm³/mol. The molecule has 2 rings (SSSR count). The van der Waals surface area contributed by atoms with Gasteiger partial charge in [-0.2, -0.15) is 0 Å². The Morgan fingerprint density at radius 2 is 1.74 bits per heavy atom. The van der Waals surface area contributed by atoms with E-state index in [9.17, 15) is 24.6 Å². The molecule has 34 heavy (non-hydrogen) atoms. The minimum atomic E-state index is -1.66. The fourth-order valence-corrected chi connectivity index (χ4v) is 3.70. The minimum Gasteiger partial charge on any atom is -0.444 e. The summed E-state index contributed by atoms with van der Waals surface area (Å²) in [7, 11) is 0. The molecule has 0 radical (unpaired) electrons. The number of nitrogens with one attached hydrogen (secondary N) is 2. The van der Waals surface area contributed by atoms with E-state index in [1.165, 1.54) is 18.7 Å². The second kappa shape index (κ2) is 10.5. The summed E-state index contributed by atoms with van der Waals surface area (Å²) in [6, 6.07) is 4.41. The lowest BCUT2D eigenvalue weighted by molar-refractivity contribution is -0.144. The van der Waals surface area contributed by atoms with Gasteiger partial charge in [0.2, 0.25) is 11.8 Å². The molecule has 1 saturated heterocycles. The van der Waals surface area contributed by atoms with E-state index in [0.29, 0.717) is 5.56 Å². The molecule has 0 bridgehead atoms. The molecular weight excluding hydrogens is 438 g/mol. The second-order valence-corrected chi connectivity index (χ2v) is 10.1. The van der Waals surface area contributed by atoms with Gasteiger partial charge in [0.1, 0.15) is 17.7 Å². The van der Waals surface area contributed by atoms with E-state index in [1.807, 2.05) is 12.1 Å². The van der Waals surface area contributed by atoms with Crippen LogP contribution in [0.15, 0.2) is 24.3 Å². The number of aliphatic hydroxyl groups excluding tert-OH is 1. The van der Waals surface area contributed by atoms with Gasteiger partial charge in [-0.3, -0.25) is 9.59 Å². The van der Waals surface area contributed by atoms with E-state index in [2.05, 4.69) is 16.6 Å². The molecule has 1 aliphatic heterocycles. The van der Waals surface area contributed by atoms with Crippen molar-refractivity contribution in [2.75, 3.05) is 6.54 Å². The van der Waals surface area contributed by atoms with Gasteiger partial charge in [0, 0.05) is 18.5 Å². The smallest absolute Gasteiger partial charge is 0.408 e. The topological polar surface area (TPSA) is 128 Å². The molecule has 4 atom stereocenters. The van der Waals surface area contributed by atoms with Crippen LogP contribution in [0, 0.1) is 12.3 Å². The van der Waals surface area contributed by atoms with Gasteiger partial charge in [-0.15, -0.1) is 6.42 Å². The highest BCUT2D eigenvalue weighted by molar-refractivity contribution is 5.92. The summed E-state index contributed by atoms with van der Waals surface area (Å²) in [6.45, 7) is 9.45. The molecule has 1 fully saturated rings. The van der Waals surface area contributed by atoms with Crippen molar-refractivity contribution in [2.45, 2.75) is 83.4 Å². The molecule has 1 aromatic rings. The minimum absolute atomic E-state index is 0.0331. The molecule has 0 spiro atoms. The maximum Gasteiger partial charge on any atom is 0.408 e. The van der Waals surface area contributed by atoms with Crippen LogP contribution in [0.3, 0.4) is 0 Å². The summed E-state index contributed by atoms with van der Waals surface area (Å²) in [5.74, 6) is 1.38. The average molecular weight is 474 g/mol. The molecule has 186 valence electrons. The van der Waals surface area contributed by atoms with E-state index in [1.54, 1.807) is 39.8 Å². The third-order valence-electron chi connectivity index (χ3n) is 5.42.